The third-order valence-electron chi connectivity index (χ3n) is 5.07. The second-order valence-electron chi connectivity index (χ2n) is 7.16. The number of carbonyl (C=O) groups excluding carboxylic acids is 1. The maximum Gasteiger partial charge on any atom is 0.252 e. The summed E-state index contributed by atoms with van der Waals surface area (Å²) in [6.45, 7) is 3.80. The summed E-state index contributed by atoms with van der Waals surface area (Å²) in [5, 5.41) is 14.4. The Balaban J connectivity index is 2.00. The summed E-state index contributed by atoms with van der Waals surface area (Å²) in [5.41, 5.74) is 13.0. The van der Waals surface area contributed by atoms with Crippen LogP contribution in [0.3, 0.4) is 0 Å². The number of nitrogens with two attached hydrogens (primary N) is 2. The highest BCUT2D eigenvalue weighted by molar-refractivity contribution is 5.99. The first-order valence-electron chi connectivity index (χ1n) is 9.69. The average Bonchev–Trinajstić information content (AvgIpc) is 3.04. The summed E-state index contributed by atoms with van der Waals surface area (Å²) >= 11 is 0. The minimum Gasteiger partial charge on any atom is -0.371 e. The number of primary amides is 1. The number of amides is 1. The van der Waals surface area contributed by atoms with Crippen LogP contribution in [0.2, 0.25) is 0 Å². The van der Waals surface area contributed by atoms with Crippen molar-refractivity contribution in [1.29, 1.82) is 0 Å². The molecule has 0 bridgehead atoms. The van der Waals surface area contributed by atoms with E-state index in [1.807, 2.05) is 39.1 Å². The van der Waals surface area contributed by atoms with Crippen molar-refractivity contribution in [2.75, 3.05) is 23.0 Å². The van der Waals surface area contributed by atoms with E-state index >= 15 is 0 Å². The van der Waals surface area contributed by atoms with Crippen molar-refractivity contribution in [3.05, 3.63) is 35.6 Å². The number of nitrogens with zero attached hydrogens (tertiary/aromatic N) is 3. The summed E-state index contributed by atoms with van der Waals surface area (Å²) in [6, 6.07) is 6.27. The summed E-state index contributed by atoms with van der Waals surface area (Å²) in [4.78, 5) is 16.2. The fourth-order valence-corrected chi connectivity index (χ4v) is 3.21. The van der Waals surface area contributed by atoms with Crippen molar-refractivity contribution in [3.8, 4) is 0 Å². The van der Waals surface area contributed by atoms with Crippen LogP contribution >= 0.6 is 0 Å². The smallest absolute Gasteiger partial charge is 0.252 e. The van der Waals surface area contributed by atoms with Crippen molar-refractivity contribution in [2.24, 2.45) is 18.5 Å². The number of fused-ring (bicyclic) bond motifs is 1. The highest BCUT2D eigenvalue weighted by Crippen LogP contribution is 2.29. The molecule has 0 aliphatic heterocycles. The standard InChI is InChI=1S/C20H27FN8O/c1-5-15(22)10(2)25-20-14(21)9-13(17(23)30)19(27-20)26-11-6-7-16-12(8-11)18(24-3)28-29(16)4/h6-10,15H,5,22H2,1-4H3,(H2,23,30)(H,24,28)(H2,25,26,27)/t10-,15+/m1/s1. The second kappa shape index (κ2) is 8.54. The SMILES string of the molecule is CC[C@H](N)[C@@H](C)Nc1nc(Nc2ccc3c(c2)c(NC)nn3C)c(C(N)=O)cc1F. The highest BCUT2D eigenvalue weighted by Gasteiger charge is 2.19. The molecule has 7 N–H and O–H groups in total. The molecule has 3 rings (SSSR count). The van der Waals surface area contributed by atoms with Crippen LogP contribution in [0.15, 0.2) is 24.3 Å². The molecule has 9 nitrogen and oxygen atoms in total. The molecule has 10 heteroatoms. The summed E-state index contributed by atoms with van der Waals surface area (Å²) < 4.78 is 16.3. The number of nitrogens with one attached hydrogen (secondary N) is 3. The summed E-state index contributed by atoms with van der Waals surface area (Å²) in [6.07, 6.45) is 0.721. The Labute approximate surface area is 174 Å². The first kappa shape index (κ1) is 21.3. The van der Waals surface area contributed by atoms with Gasteiger partial charge in [-0.3, -0.25) is 9.48 Å². The Morgan fingerprint density at radius 2 is 2.00 bits per heavy atom. The van der Waals surface area contributed by atoms with Gasteiger partial charge in [0, 0.05) is 37.3 Å². The fourth-order valence-electron chi connectivity index (χ4n) is 3.21. The summed E-state index contributed by atoms with van der Waals surface area (Å²) in [7, 11) is 3.64. The number of carbonyl (C=O) groups is 1. The molecule has 3 aromatic rings. The largest absolute Gasteiger partial charge is 0.371 e. The lowest BCUT2D eigenvalue weighted by atomic mass is 10.1. The molecular weight excluding hydrogens is 387 g/mol. The van der Waals surface area contributed by atoms with Crippen LogP contribution in [0.25, 0.3) is 10.9 Å². The van der Waals surface area contributed by atoms with E-state index in [1.54, 1.807) is 11.7 Å². The van der Waals surface area contributed by atoms with Gasteiger partial charge in [0.2, 0.25) is 0 Å². The van der Waals surface area contributed by atoms with Crippen molar-refractivity contribution in [1.82, 2.24) is 14.8 Å². The van der Waals surface area contributed by atoms with Crippen molar-refractivity contribution in [3.63, 3.8) is 0 Å². The number of rotatable bonds is 8. The van der Waals surface area contributed by atoms with Crippen LogP contribution in [0.1, 0.15) is 30.6 Å². The molecule has 0 radical (unpaired) electrons. The third kappa shape index (κ3) is 4.13. The number of halogens is 1. The molecule has 2 atom stereocenters. The highest BCUT2D eigenvalue weighted by atomic mass is 19.1. The van der Waals surface area contributed by atoms with E-state index in [0.29, 0.717) is 11.5 Å². The van der Waals surface area contributed by atoms with Gasteiger partial charge < -0.3 is 27.4 Å². The van der Waals surface area contributed by atoms with Gasteiger partial charge in [-0.2, -0.15) is 5.10 Å². The summed E-state index contributed by atoms with van der Waals surface area (Å²) in [5.74, 6) is -0.602. The lowest BCUT2D eigenvalue weighted by molar-refractivity contribution is 0.100. The molecule has 0 fully saturated rings. The first-order valence-corrected chi connectivity index (χ1v) is 9.69. The molecular formula is C20H27FN8O. The first-order chi connectivity index (χ1) is 14.2. The molecule has 0 saturated heterocycles. The molecule has 2 aromatic heterocycles. The predicted molar refractivity (Wildman–Crippen MR) is 118 cm³/mol. The normalized spacial score (nSPS) is 13.1. The number of aromatic nitrogens is 3. The van der Waals surface area contributed by atoms with Crippen LogP contribution in [0.5, 0.6) is 0 Å². The van der Waals surface area contributed by atoms with E-state index in [9.17, 15) is 9.18 Å². The van der Waals surface area contributed by atoms with E-state index in [2.05, 4.69) is 26.0 Å². The molecule has 0 unspecified atom stereocenters. The van der Waals surface area contributed by atoms with Gasteiger partial charge >= 0.3 is 0 Å². The van der Waals surface area contributed by atoms with Gasteiger partial charge in [-0.25, -0.2) is 9.37 Å². The number of anilines is 4. The van der Waals surface area contributed by atoms with Crippen LogP contribution < -0.4 is 27.4 Å². The molecule has 0 saturated carbocycles. The fraction of sp³-hybridized carbons (Fsp3) is 0.350. The van der Waals surface area contributed by atoms with Crippen molar-refractivity contribution in [2.45, 2.75) is 32.4 Å². The Kier molecular flexibility index (Phi) is 6.06. The lowest BCUT2D eigenvalue weighted by Crippen LogP contribution is -2.38. The van der Waals surface area contributed by atoms with Crippen LogP contribution in [-0.4, -0.2) is 39.8 Å². The van der Waals surface area contributed by atoms with Gasteiger partial charge in [-0.15, -0.1) is 0 Å². The third-order valence-corrected chi connectivity index (χ3v) is 5.07. The van der Waals surface area contributed by atoms with Gasteiger partial charge in [-0.1, -0.05) is 6.92 Å². The van der Waals surface area contributed by atoms with Gasteiger partial charge in [-0.05, 0) is 37.6 Å². The lowest BCUT2D eigenvalue weighted by Gasteiger charge is -2.21. The van der Waals surface area contributed by atoms with Gasteiger partial charge in [0.25, 0.3) is 5.91 Å². The number of hydrogen-bond donors (Lipinski definition) is 5. The minimum absolute atomic E-state index is 0.00253. The molecule has 2 heterocycles. The predicted octanol–water partition coefficient (Wildman–Crippen LogP) is 2.53. The topological polar surface area (TPSA) is 136 Å². The van der Waals surface area contributed by atoms with Crippen LogP contribution in [0.4, 0.5) is 27.5 Å². The zero-order chi connectivity index (χ0) is 22.0. The monoisotopic (exact) mass is 414 g/mol. The average molecular weight is 414 g/mol. The van der Waals surface area contributed by atoms with E-state index < -0.39 is 11.7 Å². The molecule has 0 spiro atoms. The Morgan fingerprint density at radius 3 is 2.63 bits per heavy atom. The molecule has 1 amide bonds. The molecule has 160 valence electrons. The Bertz CT molecular complexity index is 1080. The number of benzene rings is 1. The van der Waals surface area contributed by atoms with E-state index in [-0.39, 0.29) is 29.3 Å². The second-order valence-corrected chi connectivity index (χ2v) is 7.16. The Hall–Kier alpha value is -3.40. The van der Waals surface area contributed by atoms with E-state index in [4.69, 9.17) is 11.5 Å². The number of aryl methyl sites for hydroxylation is 1. The van der Waals surface area contributed by atoms with Crippen LogP contribution in [-0.2, 0) is 7.05 Å². The van der Waals surface area contributed by atoms with Gasteiger partial charge in [0.1, 0.15) is 5.82 Å². The Morgan fingerprint density at radius 1 is 1.27 bits per heavy atom. The van der Waals surface area contributed by atoms with Crippen molar-refractivity contribution >= 4 is 40.0 Å². The van der Waals surface area contributed by atoms with E-state index in [1.165, 1.54) is 0 Å². The molecule has 1 aromatic carbocycles. The quantitative estimate of drug-likeness (QED) is 0.382. The van der Waals surface area contributed by atoms with Crippen LogP contribution in [0, 0.1) is 5.82 Å². The molecule has 0 aliphatic rings. The van der Waals surface area contributed by atoms with Crippen molar-refractivity contribution < 1.29 is 9.18 Å². The maximum atomic E-state index is 14.5. The zero-order valence-corrected chi connectivity index (χ0v) is 17.5. The number of pyridine rings is 1. The number of hydrogen-bond acceptors (Lipinski definition) is 7. The van der Waals surface area contributed by atoms with Gasteiger partial charge in [0.15, 0.2) is 17.5 Å². The minimum atomic E-state index is -0.785. The van der Waals surface area contributed by atoms with Gasteiger partial charge in [0.05, 0.1) is 11.1 Å². The zero-order valence-electron chi connectivity index (χ0n) is 17.5. The molecule has 0 aliphatic carbocycles. The maximum absolute atomic E-state index is 14.5. The molecule has 30 heavy (non-hydrogen) atoms. The van der Waals surface area contributed by atoms with E-state index in [0.717, 1.165) is 23.4 Å².